The van der Waals surface area contributed by atoms with E-state index in [4.69, 9.17) is 11.6 Å². The number of hydrogen-bond acceptors (Lipinski definition) is 1. The van der Waals surface area contributed by atoms with Crippen molar-refractivity contribution < 1.29 is 0 Å². The Morgan fingerprint density at radius 2 is 1.70 bits per heavy atom. The van der Waals surface area contributed by atoms with Crippen molar-refractivity contribution in [3.8, 4) is 0 Å². The topological polar surface area (TPSA) is 19.0 Å². The Labute approximate surface area is 166 Å². The van der Waals surface area contributed by atoms with Crippen LogP contribution in [0.2, 0.25) is 5.02 Å². The number of rotatable bonds is 4. The minimum Gasteiger partial charge on any atom is -0.358 e. The molecule has 1 saturated heterocycles. The molecule has 1 aliphatic heterocycles. The summed E-state index contributed by atoms with van der Waals surface area (Å²) in [6, 6.07) is 17.4. The number of H-pyrrole nitrogens is 1. The van der Waals surface area contributed by atoms with E-state index in [0.717, 1.165) is 10.9 Å². The van der Waals surface area contributed by atoms with Crippen LogP contribution in [-0.2, 0) is 12.8 Å². The van der Waals surface area contributed by atoms with Gasteiger partial charge in [0.1, 0.15) is 0 Å². The lowest BCUT2D eigenvalue weighted by Gasteiger charge is -2.32. The van der Waals surface area contributed by atoms with Gasteiger partial charge in [-0.15, -0.1) is 0 Å². The first-order valence-electron chi connectivity index (χ1n) is 10.3. The van der Waals surface area contributed by atoms with E-state index in [9.17, 15) is 0 Å². The third-order valence-corrected chi connectivity index (χ3v) is 6.86. The van der Waals surface area contributed by atoms with Gasteiger partial charge in [0.25, 0.3) is 0 Å². The standard InChI is InChI=1S/C24H27ClN2/c25-22-5-6-23-21(15-22)16-24(26-23)18-8-11-27(12-9-18)10-7-17-13-19-3-1-2-4-20(19)14-17/h1-6,15-18,26H,7-14H2. The molecule has 2 nitrogen and oxygen atoms in total. The van der Waals surface area contributed by atoms with Gasteiger partial charge in [-0.3, -0.25) is 0 Å². The molecule has 0 spiro atoms. The maximum atomic E-state index is 6.13. The normalized spacial score (nSPS) is 19.0. The monoisotopic (exact) mass is 378 g/mol. The van der Waals surface area contributed by atoms with Gasteiger partial charge in [0, 0.05) is 27.5 Å². The molecule has 1 fully saturated rings. The van der Waals surface area contributed by atoms with Gasteiger partial charge in [-0.1, -0.05) is 35.9 Å². The average molecular weight is 379 g/mol. The van der Waals surface area contributed by atoms with Crippen LogP contribution >= 0.6 is 11.6 Å². The van der Waals surface area contributed by atoms with E-state index in [2.05, 4.69) is 52.3 Å². The highest BCUT2D eigenvalue weighted by atomic mass is 35.5. The summed E-state index contributed by atoms with van der Waals surface area (Å²) < 4.78 is 0. The summed E-state index contributed by atoms with van der Waals surface area (Å²) in [5.41, 5.74) is 5.76. The van der Waals surface area contributed by atoms with Crippen LogP contribution in [0.3, 0.4) is 0 Å². The molecular weight excluding hydrogens is 352 g/mol. The molecule has 0 amide bonds. The van der Waals surface area contributed by atoms with Gasteiger partial charge >= 0.3 is 0 Å². The van der Waals surface area contributed by atoms with Crippen LogP contribution in [0.25, 0.3) is 10.9 Å². The summed E-state index contributed by atoms with van der Waals surface area (Å²) in [6.45, 7) is 3.70. The Kier molecular flexibility index (Phi) is 4.71. The predicted octanol–water partition coefficient (Wildman–Crippen LogP) is 5.81. The molecule has 2 aliphatic rings. The molecule has 140 valence electrons. The predicted molar refractivity (Wildman–Crippen MR) is 114 cm³/mol. The van der Waals surface area contributed by atoms with E-state index in [1.54, 1.807) is 11.1 Å². The summed E-state index contributed by atoms with van der Waals surface area (Å²) in [6.07, 6.45) is 6.41. The van der Waals surface area contributed by atoms with Crippen LogP contribution in [0.1, 0.15) is 42.0 Å². The van der Waals surface area contributed by atoms with Gasteiger partial charge in [-0.2, -0.15) is 0 Å². The number of hydrogen-bond donors (Lipinski definition) is 1. The number of fused-ring (bicyclic) bond motifs is 2. The van der Waals surface area contributed by atoms with Gasteiger partial charge < -0.3 is 9.88 Å². The Hall–Kier alpha value is -1.77. The Balaban J connectivity index is 1.14. The zero-order chi connectivity index (χ0) is 18.2. The minimum absolute atomic E-state index is 0.656. The number of piperidine rings is 1. The molecule has 27 heavy (non-hydrogen) atoms. The zero-order valence-electron chi connectivity index (χ0n) is 15.8. The Morgan fingerprint density at radius 3 is 2.44 bits per heavy atom. The third-order valence-electron chi connectivity index (χ3n) is 6.62. The number of benzene rings is 2. The van der Waals surface area contributed by atoms with Gasteiger partial charge in [0.15, 0.2) is 0 Å². The maximum Gasteiger partial charge on any atom is 0.0457 e. The highest BCUT2D eigenvalue weighted by molar-refractivity contribution is 6.31. The Morgan fingerprint density at radius 1 is 0.963 bits per heavy atom. The molecule has 2 aromatic carbocycles. The molecule has 0 atom stereocenters. The molecule has 2 heterocycles. The molecule has 0 radical (unpaired) electrons. The second kappa shape index (κ2) is 7.33. The molecular formula is C24H27ClN2. The maximum absolute atomic E-state index is 6.13. The molecule has 1 aromatic heterocycles. The van der Waals surface area contributed by atoms with E-state index < -0.39 is 0 Å². The van der Waals surface area contributed by atoms with Crippen molar-refractivity contribution in [3.05, 3.63) is 70.4 Å². The van der Waals surface area contributed by atoms with E-state index in [1.807, 2.05) is 6.07 Å². The SMILES string of the molecule is Clc1ccc2[nH]c(C3CCN(CCC4Cc5ccccc5C4)CC3)cc2c1. The zero-order valence-corrected chi connectivity index (χ0v) is 16.5. The molecule has 3 heteroatoms. The summed E-state index contributed by atoms with van der Waals surface area (Å²) in [7, 11) is 0. The second-order valence-electron chi connectivity index (χ2n) is 8.40. The highest BCUT2D eigenvalue weighted by Gasteiger charge is 2.24. The summed E-state index contributed by atoms with van der Waals surface area (Å²) in [4.78, 5) is 6.30. The van der Waals surface area contributed by atoms with Crippen LogP contribution in [0.5, 0.6) is 0 Å². The van der Waals surface area contributed by atoms with Crippen molar-refractivity contribution >= 4 is 22.5 Å². The van der Waals surface area contributed by atoms with Crippen LogP contribution in [0.15, 0.2) is 48.5 Å². The number of aromatic amines is 1. The van der Waals surface area contributed by atoms with E-state index in [1.165, 1.54) is 68.3 Å². The van der Waals surface area contributed by atoms with Crippen LogP contribution in [0.4, 0.5) is 0 Å². The van der Waals surface area contributed by atoms with Crippen LogP contribution in [-0.4, -0.2) is 29.5 Å². The fraction of sp³-hybridized carbons (Fsp3) is 0.417. The minimum atomic E-state index is 0.656. The van der Waals surface area contributed by atoms with E-state index in [0.29, 0.717) is 5.92 Å². The second-order valence-corrected chi connectivity index (χ2v) is 8.84. The lowest BCUT2D eigenvalue weighted by atomic mass is 9.93. The van der Waals surface area contributed by atoms with Gasteiger partial charge in [-0.05, 0) is 93.0 Å². The molecule has 1 N–H and O–H groups in total. The molecule has 0 saturated carbocycles. The number of halogens is 1. The fourth-order valence-electron chi connectivity index (χ4n) is 5.03. The van der Waals surface area contributed by atoms with E-state index in [-0.39, 0.29) is 0 Å². The Bertz CT molecular complexity index is 911. The highest BCUT2D eigenvalue weighted by Crippen LogP contribution is 2.32. The molecule has 3 aromatic rings. The molecule has 0 bridgehead atoms. The van der Waals surface area contributed by atoms with Crippen molar-refractivity contribution in [2.45, 2.75) is 38.0 Å². The fourth-order valence-corrected chi connectivity index (χ4v) is 5.21. The number of nitrogens with zero attached hydrogens (tertiary/aromatic N) is 1. The van der Waals surface area contributed by atoms with Gasteiger partial charge in [0.2, 0.25) is 0 Å². The van der Waals surface area contributed by atoms with Gasteiger partial charge in [0.05, 0.1) is 0 Å². The molecule has 0 unspecified atom stereocenters. The molecule has 5 rings (SSSR count). The first-order chi connectivity index (χ1) is 13.2. The van der Waals surface area contributed by atoms with Crippen LogP contribution in [0, 0.1) is 5.92 Å². The number of likely N-dealkylation sites (tertiary alicyclic amines) is 1. The van der Waals surface area contributed by atoms with Crippen LogP contribution < -0.4 is 0 Å². The average Bonchev–Trinajstić information content (AvgIpc) is 3.30. The quantitative estimate of drug-likeness (QED) is 0.607. The summed E-state index contributed by atoms with van der Waals surface area (Å²) in [5, 5.41) is 2.05. The smallest absolute Gasteiger partial charge is 0.0457 e. The van der Waals surface area contributed by atoms with Crippen molar-refractivity contribution in [2.75, 3.05) is 19.6 Å². The van der Waals surface area contributed by atoms with E-state index >= 15 is 0 Å². The lowest BCUT2D eigenvalue weighted by Crippen LogP contribution is -2.34. The number of nitrogens with one attached hydrogen (secondary N) is 1. The summed E-state index contributed by atoms with van der Waals surface area (Å²) in [5.74, 6) is 1.50. The van der Waals surface area contributed by atoms with Crippen molar-refractivity contribution in [3.63, 3.8) is 0 Å². The van der Waals surface area contributed by atoms with Crippen molar-refractivity contribution in [1.82, 2.24) is 9.88 Å². The molecule has 1 aliphatic carbocycles. The van der Waals surface area contributed by atoms with Gasteiger partial charge in [-0.25, -0.2) is 0 Å². The van der Waals surface area contributed by atoms with Crippen molar-refractivity contribution in [1.29, 1.82) is 0 Å². The largest absolute Gasteiger partial charge is 0.358 e. The third kappa shape index (κ3) is 3.66. The first kappa shape index (κ1) is 17.3. The first-order valence-corrected chi connectivity index (χ1v) is 10.7. The summed E-state index contributed by atoms with van der Waals surface area (Å²) >= 11 is 6.13. The lowest BCUT2D eigenvalue weighted by molar-refractivity contribution is 0.198. The number of aromatic nitrogens is 1. The van der Waals surface area contributed by atoms with Crippen molar-refractivity contribution in [2.24, 2.45) is 5.92 Å².